The predicted octanol–water partition coefficient (Wildman–Crippen LogP) is 4.72. The first kappa shape index (κ1) is 13.1. The van der Waals surface area contributed by atoms with Crippen LogP contribution < -0.4 is 5.32 Å². The van der Waals surface area contributed by atoms with Gasteiger partial charge in [0.2, 0.25) is 0 Å². The van der Waals surface area contributed by atoms with Gasteiger partial charge in [0, 0.05) is 28.8 Å². The SMILES string of the molecule is Fc1ccc(C2Nc3ccc(Cl)cc3C3OCCC23)cc1. The van der Waals surface area contributed by atoms with Gasteiger partial charge in [-0.2, -0.15) is 0 Å². The third-order valence-corrected chi connectivity index (χ3v) is 4.66. The fourth-order valence-corrected chi connectivity index (χ4v) is 3.62. The molecule has 0 amide bonds. The molecule has 0 spiro atoms. The predicted molar refractivity (Wildman–Crippen MR) is 81.0 cm³/mol. The Morgan fingerprint density at radius 2 is 1.95 bits per heavy atom. The van der Waals surface area contributed by atoms with Crippen molar-refractivity contribution in [3.8, 4) is 0 Å². The maximum atomic E-state index is 13.1. The van der Waals surface area contributed by atoms with Gasteiger partial charge in [0.1, 0.15) is 5.82 Å². The summed E-state index contributed by atoms with van der Waals surface area (Å²) in [5, 5.41) is 4.30. The van der Waals surface area contributed by atoms with Crippen LogP contribution in [-0.4, -0.2) is 6.61 Å². The van der Waals surface area contributed by atoms with Gasteiger partial charge >= 0.3 is 0 Å². The van der Waals surface area contributed by atoms with E-state index in [0.29, 0.717) is 5.92 Å². The van der Waals surface area contributed by atoms with Crippen molar-refractivity contribution >= 4 is 17.3 Å². The van der Waals surface area contributed by atoms with Crippen LogP contribution in [0.5, 0.6) is 0 Å². The number of ether oxygens (including phenoxy) is 1. The summed E-state index contributed by atoms with van der Waals surface area (Å²) >= 11 is 6.11. The number of fused-ring (bicyclic) bond motifs is 3. The van der Waals surface area contributed by atoms with E-state index in [2.05, 4.69) is 5.32 Å². The molecule has 3 unspecified atom stereocenters. The molecule has 3 atom stereocenters. The van der Waals surface area contributed by atoms with E-state index in [1.165, 1.54) is 12.1 Å². The van der Waals surface area contributed by atoms with E-state index >= 15 is 0 Å². The summed E-state index contributed by atoms with van der Waals surface area (Å²) in [6.45, 7) is 0.751. The second-order valence-corrected chi connectivity index (χ2v) is 6.09. The van der Waals surface area contributed by atoms with E-state index < -0.39 is 0 Å². The van der Waals surface area contributed by atoms with Crippen LogP contribution in [0.2, 0.25) is 5.02 Å². The second-order valence-electron chi connectivity index (χ2n) is 5.65. The summed E-state index contributed by atoms with van der Waals surface area (Å²) < 4.78 is 19.1. The molecule has 0 radical (unpaired) electrons. The molecule has 2 aromatic carbocycles. The van der Waals surface area contributed by atoms with Crippen molar-refractivity contribution in [1.29, 1.82) is 0 Å². The molecule has 4 rings (SSSR count). The van der Waals surface area contributed by atoms with Crippen LogP contribution in [0.1, 0.15) is 29.7 Å². The highest BCUT2D eigenvalue weighted by atomic mass is 35.5. The molecule has 2 aliphatic heterocycles. The first-order valence-corrected chi connectivity index (χ1v) is 7.53. The largest absolute Gasteiger partial charge is 0.378 e. The quantitative estimate of drug-likeness (QED) is 0.823. The second kappa shape index (κ2) is 5.00. The lowest BCUT2D eigenvalue weighted by molar-refractivity contribution is 0.0829. The summed E-state index contributed by atoms with van der Waals surface area (Å²) in [6.07, 6.45) is 1.06. The Bertz CT molecular complexity index is 673. The highest BCUT2D eigenvalue weighted by molar-refractivity contribution is 6.30. The molecule has 2 aliphatic rings. The van der Waals surface area contributed by atoms with E-state index in [-0.39, 0.29) is 18.0 Å². The number of halogens is 2. The zero-order chi connectivity index (χ0) is 14.4. The Kier molecular flexibility index (Phi) is 3.12. The normalized spacial score (nSPS) is 26.9. The lowest BCUT2D eigenvalue weighted by Crippen LogP contribution is -2.29. The molecule has 2 nitrogen and oxygen atoms in total. The average molecular weight is 304 g/mol. The van der Waals surface area contributed by atoms with Gasteiger partial charge in [-0.1, -0.05) is 23.7 Å². The molecule has 2 aromatic rings. The van der Waals surface area contributed by atoms with E-state index in [1.807, 2.05) is 30.3 Å². The maximum Gasteiger partial charge on any atom is 0.123 e. The monoisotopic (exact) mass is 303 g/mol. The van der Waals surface area contributed by atoms with Gasteiger partial charge in [0.15, 0.2) is 0 Å². The molecule has 1 N–H and O–H groups in total. The van der Waals surface area contributed by atoms with E-state index in [1.54, 1.807) is 0 Å². The average Bonchev–Trinajstić information content (AvgIpc) is 2.97. The van der Waals surface area contributed by atoms with Crippen molar-refractivity contribution < 1.29 is 9.13 Å². The van der Waals surface area contributed by atoms with Gasteiger partial charge in [-0.25, -0.2) is 4.39 Å². The summed E-state index contributed by atoms with van der Waals surface area (Å²) in [7, 11) is 0. The molecular formula is C17H15ClFNO. The Labute approximate surface area is 127 Å². The first-order valence-electron chi connectivity index (χ1n) is 7.15. The fourth-order valence-electron chi connectivity index (χ4n) is 3.44. The summed E-state index contributed by atoms with van der Waals surface area (Å²) in [6, 6.07) is 12.7. The fraction of sp³-hybridized carbons (Fsp3) is 0.294. The molecule has 0 saturated carbocycles. The van der Waals surface area contributed by atoms with Crippen molar-refractivity contribution in [2.75, 3.05) is 11.9 Å². The van der Waals surface area contributed by atoms with Crippen LogP contribution >= 0.6 is 11.6 Å². The zero-order valence-corrected chi connectivity index (χ0v) is 12.1. The van der Waals surface area contributed by atoms with E-state index in [9.17, 15) is 4.39 Å². The van der Waals surface area contributed by atoms with Crippen molar-refractivity contribution in [3.05, 3.63) is 64.4 Å². The number of hydrogen-bond acceptors (Lipinski definition) is 2. The highest BCUT2D eigenvalue weighted by Crippen LogP contribution is 2.50. The van der Waals surface area contributed by atoms with Crippen LogP contribution in [0.4, 0.5) is 10.1 Å². The minimum atomic E-state index is -0.207. The van der Waals surface area contributed by atoms with Gasteiger partial charge < -0.3 is 10.1 Å². The molecular weight excluding hydrogens is 289 g/mol. The Morgan fingerprint density at radius 1 is 1.14 bits per heavy atom. The van der Waals surface area contributed by atoms with Gasteiger partial charge in [-0.15, -0.1) is 0 Å². The minimum Gasteiger partial charge on any atom is -0.378 e. The van der Waals surface area contributed by atoms with Crippen LogP contribution in [0.15, 0.2) is 42.5 Å². The van der Waals surface area contributed by atoms with Gasteiger partial charge in [-0.3, -0.25) is 0 Å². The van der Waals surface area contributed by atoms with Crippen molar-refractivity contribution in [2.24, 2.45) is 5.92 Å². The zero-order valence-electron chi connectivity index (χ0n) is 11.4. The smallest absolute Gasteiger partial charge is 0.123 e. The van der Waals surface area contributed by atoms with Crippen molar-refractivity contribution in [3.63, 3.8) is 0 Å². The van der Waals surface area contributed by atoms with Crippen molar-refractivity contribution in [1.82, 2.24) is 0 Å². The van der Waals surface area contributed by atoms with Crippen LogP contribution in [0.3, 0.4) is 0 Å². The third-order valence-electron chi connectivity index (χ3n) is 4.43. The van der Waals surface area contributed by atoms with Gasteiger partial charge in [0.05, 0.1) is 12.1 Å². The van der Waals surface area contributed by atoms with Crippen LogP contribution in [-0.2, 0) is 4.74 Å². The number of rotatable bonds is 1. The molecule has 0 bridgehead atoms. The first-order chi connectivity index (χ1) is 10.2. The molecule has 21 heavy (non-hydrogen) atoms. The Morgan fingerprint density at radius 3 is 2.76 bits per heavy atom. The Hall–Kier alpha value is -1.58. The number of nitrogens with one attached hydrogen (secondary N) is 1. The van der Waals surface area contributed by atoms with Gasteiger partial charge in [-0.05, 0) is 42.3 Å². The number of hydrogen-bond donors (Lipinski definition) is 1. The summed E-state index contributed by atoms with van der Waals surface area (Å²) in [5.41, 5.74) is 3.28. The molecule has 0 aliphatic carbocycles. The topological polar surface area (TPSA) is 21.3 Å². The van der Waals surface area contributed by atoms with Crippen molar-refractivity contribution in [2.45, 2.75) is 18.6 Å². The highest BCUT2D eigenvalue weighted by Gasteiger charge is 2.41. The molecule has 1 fully saturated rings. The standard InChI is InChI=1S/C17H15ClFNO/c18-11-3-6-15-14(9-11)17-13(7-8-21-17)16(20-15)10-1-4-12(19)5-2-10/h1-6,9,13,16-17,20H,7-8H2. The molecule has 4 heteroatoms. The number of anilines is 1. The lowest BCUT2D eigenvalue weighted by Gasteiger charge is -2.36. The van der Waals surface area contributed by atoms with Crippen LogP contribution in [0.25, 0.3) is 0 Å². The van der Waals surface area contributed by atoms with E-state index in [0.717, 1.165) is 34.9 Å². The summed E-state index contributed by atoms with van der Waals surface area (Å²) in [4.78, 5) is 0. The molecule has 2 heterocycles. The lowest BCUT2D eigenvalue weighted by atomic mass is 9.81. The molecule has 1 saturated heterocycles. The van der Waals surface area contributed by atoms with E-state index in [4.69, 9.17) is 16.3 Å². The van der Waals surface area contributed by atoms with Gasteiger partial charge in [0.25, 0.3) is 0 Å². The van der Waals surface area contributed by atoms with Crippen LogP contribution in [0, 0.1) is 11.7 Å². The molecule has 0 aromatic heterocycles. The number of benzene rings is 2. The summed E-state index contributed by atoms with van der Waals surface area (Å²) in [5.74, 6) is 0.141. The maximum absolute atomic E-state index is 13.1. The third kappa shape index (κ3) is 2.21. The molecule has 108 valence electrons. The Balaban J connectivity index is 1.77. The minimum absolute atomic E-state index is 0.0648.